The van der Waals surface area contributed by atoms with E-state index < -0.39 is 34.7 Å². The van der Waals surface area contributed by atoms with Crippen LogP contribution in [0.5, 0.6) is 0 Å². The first-order valence-corrected chi connectivity index (χ1v) is 8.95. The van der Waals surface area contributed by atoms with Crippen LogP contribution in [0.3, 0.4) is 0 Å². The molecule has 0 radical (unpaired) electrons. The zero-order valence-corrected chi connectivity index (χ0v) is 16.8. The van der Waals surface area contributed by atoms with Crippen LogP contribution >= 0.6 is 0 Å². The number of benzene rings is 1. The van der Waals surface area contributed by atoms with Crippen molar-refractivity contribution in [2.45, 2.75) is 59.0 Å². The summed E-state index contributed by atoms with van der Waals surface area (Å²) in [4.78, 5) is 38.5. The molecule has 1 unspecified atom stereocenters. The second-order valence-corrected chi connectivity index (χ2v) is 9.12. The van der Waals surface area contributed by atoms with E-state index in [4.69, 9.17) is 0 Å². The molecule has 0 aliphatic carbocycles. The van der Waals surface area contributed by atoms with Crippen molar-refractivity contribution in [3.05, 3.63) is 35.6 Å². The summed E-state index contributed by atoms with van der Waals surface area (Å²) in [6.45, 7) is 11.2. The van der Waals surface area contributed by atoms with Gasteiger partial charge in [-0.25, -0.2) is 9.18 Å². The van der Waals surface area contributed by atoms with Gasteiger partial charge in [0.15, 0.2) is 0 Å². The van der Waals surface area contributed by atoms with Crippen LogP contribution in [0.15, 0.2) is 24.3 Å². The van der Waals surface area contributed by atoms with Gasteiger partial charge in [0.2, 0.25) is 5.91 Å². The number of hydrogen-bond acceptors (Lipinski definition) is 3. The molecule has 0 aromatic heterocycles. The molecule has 1 aliphatic heterocycles. The van der Waals surface area contributed by atoms with E-state index >= 15 is 0 Å². The van der Waals surface area contributed by atoms with Gasteiger partial charge in [-0.15, -0.1) is 0 Å². The largest absolute Gasteiger partial charge is 0.350 e. The third kappa shape index (κ3) is 4.84. The first-order valence-electron chi connectivity index (χ1n) is 8.95. The minimum atomic E-state index is -1.33. The van der Waals surface area contributed by atoms with Crippen LogP contribution in [-0.4, -0.2) is 34.8 Å². The van der Waals surface area contributed by atoms with Crippen LogP contribution in [-0.2, 0) is 15.1 Å². The van der Waals surface area contributed by atoms with Crippen molar-refractivity contribution in [3.8, 4) is 0 Å². The minimum Gasteiger partial charge on any atom is -0.350 e. The van der Waals surface area contributed by atoms with Crippen LogP contribution in [0.4, 0.5) is 9.18 Å². The lowest BCUT2D eigenvalue weighted by Gasteiger charge is -2.33. The standard InChI is InChI=1S/C20H28FN3O3/c1-18(2,3)12-19(4,5)22-15(25)11-24-16(26)20(6,23-17(24)27)13-7-9-14(21)10-8-13/h7-10H,11-12H2,1-6H3,(H,22,25)(H,23,27). The van der Waals surface area contributed by atoms with Crippen molar-refractivity contribution >= 4 is 17.8 Å². The first-order chi connectivity index (χ1) is 12.2. The Morgan fingerprint density at radius 3 is 2.22 bits per heavy atom. The highest BCUT2D eigenvalue weighted by atomic mass is 19.1. The van der Waals surface area contributed by atoms with Gasteiger partial charge in [0.05, 0.1) is 0 Å². The fourth-order valence-electron chi connectivity index (χ4n) is 3.75. The molecule has 1 heterocycles. The van der Waals surface area contributed by atoms with Crippen molar-refractivity contribution in [1.29, 1.82) is 0 Å². The summed E-state index contributed by atoms with van der Waals surface area (Å²) in [5.74, 6) is -1.38. The third-order valence-electron chi connectivity index (χ3n) is 4.45. The summed E-state index contributed by atoms with van der Waals surface area (Å²) in [6, 6.07) is 4.71. The maximum Gasteiger partial charge on any atom is 0.325 e. The summed E-state index contributed by atoms with van der Waals surface area (Å²) in [6.07, 6.45) is 0.735. The van der Waals surface area contributed by atoms with Gasteiger partial charge in [0.1, 0.15) is 17.9 Å². The maximum absolute atomic E-state index is 13.2. The van der Waals surface area contributed by atoms with Gasteiger partial charge in [-0.2, -0.15) is 0 Å². The molecule has 0 saturated carbocycles. The molecule has 1 aliphatic rings. The summed E-state index contributed by atoms with van der Waals surface area (Å²) in [7, 11) is 0. The summed E-state index contributed by atoms with van der Waals surface area (Å²) < 4.78 is 13.2. The van der Waals surface area contributed by atoms with E-state index in [-0.39, 0.29) is 12.0 Å². The monoisotopic (exact) mass is 377 g/mol. The highest BCUT2D eigenvalue weighted by Gasteiger charge is 2.49. The number of carbonyl (C=O) groups excluding carboxylic acids is 3. The minimum absolute atomic E-state index is 0.0127. The Labute approximate surface area is 159 Å². The topological polar surface area (TPSA) is 78.5 Å². The lowest BCUT2D eigenvalue weighted by atomic mass is 9.82. The molecule has 1 saturated heterocycles. The number of carbonyl (C=O) groups is 3. The van der Waals surface area contributed by atoms with E-state index in [1.807, 2.05) is 13.8 Å². The molecular weight excluding hydrogens is 349 g/mol. The first kappa shape index (κ1) is 20.9. The lowest BCUT2D eigenvalue weighted by molar-refractivity contribution is -0.135. The van der Waals surface area contributed by atoms with Crippen molar-refractivity contribution in [2.75, 3.05) is 6.54 Å². The van der Waals surface area contributed by atoms with Gasteiger partial charge in [-0.05, 0) is 50.3 Å². The Morgan fingerprint density at radius 2 is 1.70 bits per heavy atom. The molecule has 1 aromatic carbocycles. The van der Waals surface area contributed by atoms with Gasteiger partial charge in [0.25, 0.3) is 5.91 Å². The van der Waals surface area contributed by atoms with Crippen LogP contribution in [0.1, 0.15) is 53.5 Å². The van der Waals surface area contributed by atoms with Crippen LogP contribution < -0.4 is 10.6 Å². The number of imide groups is 1. The predicted octanol–water partition coefficient (Wildman–Crippen LogP) is 2.92. The van der Waals surface area contributed by atoms with Crippen molar-refractivity contribution in [2.24, 2.45) is 5.41 Å². The van der Waals surface area contributed by atoms with Gasteiger partial charge >= 0.3 is 6.03 Å². The molecule has 0 spiro atoms. The molecule has 1 fully saturated rings. The summed E-state index contributed by atoms with van der Waals surface area (Å²) in [5, 5.41) is 5.50. The number of hydrogen-bond donors (Lipinski definition) is 2. The third-order valence-corrected chi connectivity index (χ3v) is 4.45. The van der Waals surface area contributed by atoms with Crippen LogP contribution in [0.25, 0.3) is 0 Å². The Kier molecular flexibility index (Phi) is 5.37. The average Bonchev–Trinajstić information content (AvgIpc) is 2.69. The Balaban J connectivity index is 2.11. The number of nitrogens with one attached hydrogen (secondary N) is 2. The van der Waals surface area contributed by atoms with Crippen molar-refractivity contribution < 1.29 is 18.8 Å². The van der Waals surface area contributed by atoms with E-state index in [0.717, 1.165) is 11.3 Å². The zero-order chi connectivity index (χ0) is 20.6. The lowest BCUT2D eigenvalue weighted by Crippen LogP contribution is -2.50. The second-order valence-electron chi connectivity index (χ2n) is 9.12. The molecule has 27 heavy (non-hydrogen) atoms. The number of urea groups is 1. The van der Waals surface area contributed by atoms with Crippen molar-refractivity contribution in [3.63, 3.8) is 0 Å². The number of amides is 4. The Morgan fingerprint density at radius 1 is 1.15 bits per heavy atom. The molecule has 148 valence electrons. The fourth-order valence-corrected chi connectivity index (χ4v) is 3.75. The van der Waals surface area contributed by atoms with E-state index in [2.05, 4.69) is 31.4 Å². The highest BCUT2D eigenvalue weighted by Crippen LogP contribution is 2.29. The van der Waals surface area contributed by atoms with Gasteiger partial charge in [-0.1, -0.05) is 32.9 Å². The summed E-state index contributed by atoms with van der Waals surface area (Å²) >= 11 is 0. The molecule has 0 bridgehead atoms. The van der Waals surface area contributed by atoms with Gasteiger partial charge in [0, 0.05) is 5.54 Å². The van der Waals surface area contributed by atoms with Gasteiger partial charge in [-0.3, -0.25) is 14.5 Å². The molecule has 4 amide bonds. The normalized spacial score (nSPS) is 20.6. The second kappa shape index (κ2) is 6.94. The Bertz CT molecular complexity index is 753. The summed E-state index contributed by atoms with van der Waals surface area (Å²) in [5.41, 5.74) is -1.34. The fraction of sp³-hybridized carbons (Fsp3) is 0.550. The number of nitrogens with zero attached hydrogens (tertiary/aromatic N) is 1. The molecular formula is C20H28FN3O3. The van der Waals surface area contributed by atoms with E-state index in [1.165, 1.54) is 24.3 Å². The molecule has 7 heteroatoms. The highest BCUT2D eigenvalue weighted by molar-refractivity contribution is 6.09. The smallest absolute Gasteiger partial charge is 0.325 e. The molecule has 6 nitrogen and oxygen atoms in total. The number of halogens is 1. The quantitative estimate of drug-likeness (QED) is 0.775. The van der Waals surface area contributed by atoms with Gasteiger partial charge < -0.3 is 10.6 Å². The van der Waals surface area contributed by atoms with E-state index in [0.29, 0.717) is 5.56 Å². The SMILES string of the molecule is CC(C)(C)CC(C)(C)NC(=O)CN1C(=O)NC(C)(c2ccc(F)cc2)C1=O. The predicted molar refractivity (Wildman–Crippen MR) is 100 cm³/mol. The zero-order valence-electron chi connectivity index (χ0n) is 16.8. The van der Waals surface area contributed by atoms with E-state index in [9.17, 15) is 18.8 Å². The molecule has 2 N–H and O–H groups in total. The Hall–Kier alpha value is -2.44. The van der Waals surface area contributed by atoms with E-state index in [1.54, 1.807) is 6.92 Å². The average molecular weight is 377 g/mol. The van der Waals surface area contributed by atoms with Crippen LogP contribution in [0.2, 0.25) is 0 Å². The molecule has 1 aromatic rings. The number of rotatable bonds is 5. The molecule has 1 atom stereocenters. The van der Waals surface area contributed by atoms with Crippen LogP contribution in [0, 0.1) is 11.2 Å². The maximum atomic E-state index is 13.2. The van der Waals surface area contributed by atoms with Crippen molar-refractivity contribution in [1.82, 2.24) is 15.5 Å². The molecule has 2 rings (SSSR count).